The van der Waals surface area contributed by atoms with Crippen LogP contribution in [0.5, 0.6) is 0 Å². The molecule has 1 aromatic carbocycles. The molecule has 9 nitrogen and oxygen atoms in total. The Morgan fingerprint density at radius 1 is 1.21 bits per heavy atom. The van der Waals surface area contributed by atoms with Crippen molar-refractivity contribution in [2.75, 3.05) is 39.8 Å². The van der Waals surface area contributed by atoms with E-state index in [0.29, 0.717) is 36.2 Å². The number of amides is 4. The van der Waals surface area contributed by atoms with Crippen molar-refractivity contribution in [3.05, 3.63) is 46.9 Å². The molecule has 2 unspecified atom stereocenters. The van der Waals surface area contributed by atoms with E-state index in [0.717, 1.165) is 0 Å². The Morgan fingerprint density at radius 3 is 2.64 bits per heavy atom. The van der Waals surface area contributed by atoms with E-state index in [2.05, 4.69) is 5.32 Å². The number of carbonyl (C=O) groups excluding carboxylic acids is 4. The van der Waals surface area contributed by atoms with E-state index in [9.17, 15) is 23.6 Å². The zero-order chi connectivity index (χ0) is 23.7. The topological polar surface area (TPSA) is 99.3 Å². The molecule has 3 heterocycles. The highest BCUT2D eigenvalue weighted by Gasteiger charge is 2.43. The number of rotatable bonds is 5. The van der Waals surface area contributed by atoms with Gasteiger partial charge < -0.3 is 19.9 Å². The lowest BCUT2D eigenvalue weighted by Gasteiger charge is -2.32. The molecule has 4 rings (SSSR count). The van der Waals surface area contributed by atoms with Crippen LogP contribution in [0.15, 0.2) is 35.5 Å². The van der Waals surface area contributed by atoms with Crippen LogP contribution in [-0.4, -0.2) is 78.3 Å². The highest BCUT2D eigenvalue weighted by molar-refractivity contribution is 6.03. The van der Waals surface area contributed by atoms with Gasteiger partial charge in [-0.25, -0.2) is 9.18 Å². The Balaban J connectivity index is 1.48. The van der Waals surface area contributed by atoms with Crippen molar-refractivity contribution in [3.63, 3.8) is 0 Å². The molecule has 0 saturated carbocycles. The van der Waals surface area contributed by atoms with Gasteiger partial charge in [0.1, 0.15) is 12.4 Å². The number of nitrogens with zero attached hydrogens (tertiary/aromatic N) is 3. The van der Waals surface area contributed by atoms with Crippen molar-refractivity contribution in [2.45, 2.75) is 25.8 Å². The normalized spacial score (nSPS) is 22.9. The van der Waals surface area contributed by atoms with Crippen LogP contribution in [0.3, 0.4) is 0 Å². The maximum atomic E-state index is 13.4. The summed E-state index contributed by atoms with van der Waals surface area (Å²) < 4.78 is 18.5. The number of hydrogen-bond acceptors (Lipinski definition) is 5. The minimum absolute atomic E-state index is 0.122. The first-order chi connectivity index (χ1) is 15.8. The predicted octanol–water partition coefficient (Wildman–Crippen LogP) is 1.42. The molecule has 1 fully saturated rings. The van der Waals surface area contributed by atoms with Crippen molar-refractivity contribution in [1.82, 2.24) is 20.0 Å². The van der Waals surface area contributed by atoms with E-state index in [-0.39, 0.29) is 56.0 Å². The van der Waals surface area contributed by atoms with E-state index < -0.39 is 11.9 Å². The fraction of sp³-hybridized carbons (Fsp3) is 0.478. The molecule has 10 heteroatoms. The lowest BCUT2D eigenvalue weighted by atomic mass is 9.96. The van der Waals surface area contributed by atoms with Gasteiger partial charge in [-0.3, -0.25) is 19.3 Å². The molecule has 0 bridgehead atoms. The Hall–Kier alpha value is -3.43. The number of carbonyl (C=O) groups is 4. The number of benzene rings is 1. The van der Waals surface area contributed by atoms with E-state index in [1.807, 2.05) is 0 Å². The van der Waals surface area contributed by atoms with Crippen LogP contribution >= 0.6 is 0 Å². The minimum atomic E-state index is -0.722. The smallest absolute Gasteiger partial charge is 0.322 e. The van der Waals surface area contributed by atoms with Crippen molar-refractivity contribution in [3.8, 4) is 0 Å². The average molecular weight is 458 g/mol. The second-order valence-electron chi connectivity index (χ2n) is 8.45. The minimum Gasteiger partial charge on any atom is -0.466 e. The molecule has 1 aromatic rings. The second kappa shape index (κ2) is 9.21. The Labute approximate surface area is 191 Å². The largest absolute Gasteiger partial charge is 0.466 e. The third kappa shape index (κ3) is 4.42. The summed E-state index contributed by atoms with van der Waals surface area (Å²) in [6, 6.07) is 4.51. The molecule has 1 saturated heterocycles. The quantitative estimate of drug-likeness (QED) is 0.673. The average Bonchev–Trinajstić information content (AvgIpc) is 3.13. The van der Waals surface area contributed by atoms with E-state index in [4.69, 9.17) is 4.74 Å². The number of ether oxygens (including phenoxy) is 1. The predicted molar refractivity (Wildman–Crippen MR) is 115 cm³/mol. The summed E-state index contributed by atoms with van der Waals surface area (Å²) in [6.07, 6.45) is 1.35. The first kappa shape index (κ1) is 22.8. The molecule has 0 aliphatic carbocycles. The molecule has 3 aliphatic heterocycles. The van der Waals surface area contributed by atoms with Crippen LogP contribution < -0.4 is 5.32 Å². The standard InChI is InChI=1S/C23H27FN4O5/c1-3-33-22(31)15-5-4-10-27(11-15)18(29)13-28-12-17-19(21(28)30)20(25-23(32)26(17)2)14-6-8-16(24)9-7-14/h6-9,15,20H,3-5,10-13H2,1-2H3,(H,25,32). The third-order valence-corrected chi connectivity index (χ3v) is 6.36. The molecule has 33 heavy (non-hydrogen) atoms. The number of urea groups is 1. The number of likely N-dealkylation sites (tertiary alicyclic amines) is 1. The Kier molecular flexibility index (Phi) is 6.35. The fourth-order valence-electron chi connectivity index (χ4n) is 4.58. The molecule has 0 radical (unpaired) electrons. The van der Waals surface area contributed by atoms with Crippen molar-refractivity contribution >= 4 is 23.8 Å². The van der Waals surface area contributed by atoms with Crippen LogP contribution in [0.1, 0.15) is 31.4 Å². The van der Waals surface area contributed by atoms with Gasteiger partial charge in [-0.1, -0.05) is 12.1 Å². The summed E-state index contributed by atoms with van der Waals surface area (Å²) >= 11 is 0. The van der Waals surface area contributed by atoms with Crippen LogP contribution in [0.4, 0.5) is 9.18 Å². The molecular weight excluding hydrogens is 431 g/mol. The van der Waals surface area contributed by atoms with Crippen molar-refractivity contribution in [1.29, 1.82) is 0 Å². The first-order valence-electron chi connectivity index (χ1n) is 11.1. The highest BCUT2D eigenvalue weighted by Crippen LogP contribution is 2.35. The molecule has 4 amide bonds. The maximum absolute atomic E-state index is 13.4. The summed E-state index contributed by atoms with van der Waals surface area (Å²) in [6.45, 7) is 2.79. The molecule has 176 valence electrons. The summed E-state index contributed by atoms with van der Waals surface area (Å²) in [5, 5.41) is 2.78. The van der Waals surface area contributed by atoms with Crippen molar-refractivity contribution in [2.24, 2.45) is 5.92 Å². The molecular formula is C23H27FN4O5. The SMILES string of the molecule is CCOC(=O)C1CCCN(C(=O)CN2CC3=C(C2=O)C(c2ccc(F)cc2)NC(=O)N3C)C1. The van der Waals surface area contributed by atoms with Gasteiger partial charge in [0.05, 0.1) is 36.4 Å². The fourth-order valence-corrected chi connectivity index (χ4v) is 4.58. The zero-order valence-corrected chi connectivity index (χ0v) is 18.7. The van der Waals surface area contributed by atoms with E-state index in [1.165, 1.54) is 34.1 Å². The van der Waals surface area contributed by atoms with Gasteiger partial charge in [-0.15, -0.1) is 0 Å². The van der Waals surface area contributed by atoms with Gasteiger partial charge in [0, 0.05) is 20.1 Å². The van der Waals surface area contributed by atoms with E-state index in [1.54, 1.807) is 18.9 Å². The number of esters is 1. The van der Waals surface area contributed by atoms with Crippen molar-refractivity contribution < 1.29 is 28.3 Å². The second-order valence-corrected chi connectivity index (χ2v) is 8.45. The monoisotopic (exact) mass is 458 g/mol. The third-order valence-electron chi connectivity index (χ3n) is 6.36. The summed E-state index contributed by atoms with van der Waals surface area (Å²) in [5.41, 5.74) is 1.48. The molecule has 3 aliphatic rings. The molecule has 2 atom stereocenters. The maximum Gasteiger partial charge on any atom is 0.322 e. The first-order valence-corrected chi connectivity index (χ1v) is 11.1. The van der Waals surface area contributed by atoms with Gasteiger partial charge in [0.25, 0.3) is 5.91 Å². The molecule has 0 aromatic heterocycles. The Morgan fingerprint density at radius 2 is 1.94 bits per heavy atom. The lowest BCUT2D eigenvalue weighted by Crippen LogP contribution is -2.47. The lowest BCUT2D eigenvalue weighted by molar-refractivity contribution is -0.152. The summed E-state index contributed by atoms with van der Waals surface area (Å²) in [7, 11) is 1.57. The zero-order valence-electron chi connectivity index (χ0n) is 18.7. The number of hydrogen-bond donors (Lipinski definition) is 1. The summed E-state index contributed by atoms with van der Waals surface area (Å²) in [4.78, 5) is 55.2. The van der Waals surface area contributed by atoms with Gasteiger partial charge in [-0.2, -0.15) is 0 Å². The van der Waals surface area contributed by atoms with Gasteiger partial charge >= 0.3 is 12.0 Å². The molecule has 0 spiro atoms. The highest BCUT2D eigenvalue weighted by atomic mass is 19.1. The Bertz CT molecular complexity index is 1010. The number of piperidine rings is 1. The summed E-state index contributed by atoms with van der Waals surface area (Å²) in [5.74, 6) is -1.69. The molecule has 1 N–H and O–H groups in total. The van der Waals surface area contributed by atoms with Crippen LogP contribution in [0.2, 0.25) is 0 Å². The van der Waals surface area contributed by atoms with Crippen LogP contribution in [0, 0.1) is 11.7 Å². The van der Waals surface area contributed by atoms with Gasteiger partial charge in [0.15, 0.2) is 0 Å². The van der Waals surface area contributed by atoms with E-state index >= 15 is 0 Å². The number of halogens is 1. The van der Waals surface area contributed by atoms with Crippen LogP contribution in [0.25, 0.3) is 0 Å². The number of nitrogens with one attached hydrogen (secondary N) is 1. The van der Waals surface area contributed by atoms with Crippen LogP contribution in [-0.2, 0) is 19.1 Å². The number of likely N-dealkylation sites (N-methyl/N-ethyl adjacent to an activating group) is 1. The van der Waals surface area contributed by atoms with Gasteiger partial charge in [-0.05, 0) is 37.5 Å². The van der Waals surface area contributed by atoms with Gasteiger partial charge in [0.2, 0.25) is 5.91 Å².